The molecular weight excluding hydrogens is 711 g/mol. The van der Waals surface area contributed by atoms with Crippen LogP contribution >= 0.6 is 11.3 Å². The molecule has 0 radical (unpaired) electrons. The van der Waals surface area contributed by atoms with E-state index >= 15 is 0 Å². The summed E-state index contributed by atoms with van der Waals surface area (Å²) in [7, 11) is 0. The van der Waals surface area contributed by atoms with Gasteiger partial charge in [0.25, 0.3) is 0 Å². The molecule has 0 bridgehead atoms. The summed E-state index contributed by atoms with van der Waals surface area (Å²) in [5.41, 5.74) is 12.5. The van der Waals surface area contributed by atoms with Gasteiger partial charge in [-0.3, -0.25) is 4.57 Å². The number of benzene rings is 8. The summed E-state index contributed by atoms with van der Waals surface area (Å²) in [5, 5.41) is 7.47. The van der Waals surface area contributed by atoms with Crippen LogP contribution in [0, 0.1) is 0 Å². The summed E-state index contributed by atoms with van der Waals surface area (Å²) in [6, 6.07) is 72.6. The molecule has 0 amide bonds. The number of aromatic nitrogens is 3. The summed E-state index contributed by atoms with van der Waals surface area (Å²) < 4.78 is 7.40. The van der Waals surface area contributed by atoms with Crippen molar-refractivity contribution in [3.8, 4) is 45.0 Å². The highest BCUT2D eigenvalue weighted by atomic mass is 32.1. The monoisotopic (exact) mass is 743 g/mol. The molecule has 12 aromatic rings. The number of pyridine rings is 1. The molecule has 0 saturated heterocycles. The molecule has 12 rings (SSSR count). The molecule has 57 heavy (non-hydrogen) atoms. The summed E-state index contributed by atoms with van der Waals surface area (Å²) in [6.45, 7) is 0. The fourth-order valence-corrected chi connectivity index (χ4v) is 9.94. The second kappa shape index (κ2) is 12.6. The van der Waals surface area contributed by atoms with Crippen molar-refractivity contribution in [2.75, 3.05) is 0 Å². The van der Waals surface area contributed by atoms with Crippen molar-refractivity contribution in [1.29, 1.82) is 0 Å². The predicted octanol–water partition coefficient (Wildman–Crippen LogP) is 14.6. The molecule has 0 atom stereocenters. The lowest BCUT2D eigenvalue weighted by atomic mass is 10.0. The van der Waals surface area contributed by atoms with Crippen LogP contribution in [0.3, 0.4) is 0 Å². The summed E-state index contributed by atoms with van der Waals surface area (Å²) in [5.74, 6) is 0.891. The van der Waals surface area contributed by atoms with E-state index in [9.17, 15) is 0 Å². The first-order chi connectivity index (χ1) is 28.2. The first-order valence-electron chi connectivity index (χ1n) is 19.4. The second-order valence-corrected chi connectivity index (χ2v) is 15.9. The minimum absolute atomic E-state index is 0.891. The Balaban J connectivity index is 1.12. The van der Waals surface area contributed by atoms with E-state index in [2.05, 4.69) is 209 Å². The van der Waals surface area contributed by atoms with E-state index in [0.29, 0.717) is 0 Å². The number of hydrogen-bond acceptors (Lipinski definition) is 2. The summed E-state index contributed by atoms with van der Waals surface area (Å²) in [4.78, 5) is 5.47. The number of fused-ring (bicyclic) bond motifs is 9. The highest BCUT2D eigenvalue weighted by Crippen LogP contribution is 2.41. The van der Waals surface area contributed by atoms with Gasteiger partial charge in [-0.15, -0.1) is 11.3 Å². The SMILES string of the molecule is c1ccc(-c2ccc(-n3c4ccccc4c4cc5c6ccccc6n(-c6cc(-c7ccc8sc9ccccc9c8c7)cc(-c7ccccc7)n6)c5cc43)cc2)cc1. The molecular formula is C53H33N3S. The molecule has 0 aliphatic carbocycles. The van der Waals surface area contributed by atoms with Crippen molar-refractivity contribution in [3.63, 3.8) is 0 Å². The molecule has 4 heterocycles. The van der Waals surface area contributed by atoms with Crippen LogP contribution in [0.15, 0.2) is 200 Å². The van der Waals surface area contributed by atoms with Crippen LogP contribution in [0.25, 0.3) is 109 Å². The molecule has 0 fully saturated rings. The largest absolute Gasteiger partial charge is 0.309 e. The van der Waals surface area contributed by atoms with Gasteiger partial charge in [-0.25, -0.2) is 4.98 Å². The van der Waals surface area contributed by atoms with Gasteiger partial charge in [0, 0.05) is 53.0 Å². The van der Waals surface area contributed by atoms with Crippen LogP contribution in [-0.2, 0) is 0 Å². The summed E-state index contributed by atoms with van der Waals surface area (Å²) >= 11 is 1.85. The molecule has 3 nitrogen and oxygen atoms in total. The normalized spacial score (nSPS) is 11.9. The van der Waals surface area contributed by atoms with Gasteiger partial charge in [0.05, 0.1) is 27.8 Å². The fourth-order valence-electron chi connectivity index (χ4n) is 8.85. The van der Waals surface area contributed by atoms with Crippen molar-refractivity contribution in [3.05, 3.63) is 200 Å². The number of nitrogens with zero attached hydrogens (tertiary/aromatic N) is 3. The van der Waals surface area contributed by atoms with Gasteiger partial charge in [-0.1, -0.05) is 133 Å². The zero-order valence-electron chi connectivity index (χ0n) is 30.8. The van der Waals surface area contributed by atoms with Gasteiger partial charge in [0.15, 0.2) is 0 Å². The molecule has 4 aromatic heterocycles. The van der Waals surface area contributed by atoms with Crippen molar-refractivity contribution in [2.45, 2.75) is 0 Å². The third kappa shape index (κ3) is 5.08. The lowest BCUT2D eigenvalue weighted by Crippen LogP contribution is -2.00. The maximum Gasteiger partial charge on any atom is 0.138 e. The lowest BCUT2D eigenvalue weighted by Gasteiger charge is -2.14. The molecule has 0 spiro atoms. The minimum Gasteiger partial charge on any atom is -0.309 e. The zero-order valence-corrected chi connectivity index (χ0v) is 31.6. The molecule has 0 aliphatic rings. The van der Waals surface area contributed by atoms with Gasteiger partial charge >= 0.3 is 0 Å². The average molecular weight is 744 g/mol. The Morgan fingerprint density at radius 3 is 1.61 bits per heavy atom. The maximum absolute atomic E-state index is 5.47. The van der Waals surface area contributed by atoms with E-state index < -0.39 is 0 Å². The Bertz CT molecular complexity index is 3500. The predicted molar refractivity (Wildman–Crippen MR) is 242 cm³/mol. The third-order valence-corrected chi connectivity index (χ3v) is 12.7. The maximum atomic E-state index is 5.47. The number of para-hydroxylation sites is 2. The van der Waals surface area contributed by atoms with E-state index in [1.54, 1.807) is 0 Å². The zero-order chi connectivity index (χ0) is 37.5. The number of thiophene rings is 1. The third-order valence-electron chi connectivity index (χ3n) is 11.5. The lowest BCUT2D eigenvalue weighted by molar-refractivity contribution is 1.08. The van der Waals surface area contributed by atoms with Gasteiger partial charge in [0.1, 0.15) is 5.82 Å². The van der Waals surface area contributed by atoms with Crippen molar-refractivity contribution in [2.24, 2.45) is 0 Å². The Hall–Kier alpha value is -7.27. The highest BCUT2D eigenvalue weighted by Gasteiger charge is 2.20. The number of rotatable bonds is 5. The van der Waals surface area contributed by atoms with Crippen LogP contribution in [0.1, 0.15) is 0 Å². The van der Waals surface area contributed by atoms with Gasteiger partial charge in [0.2, 0.25) is 0 Å². The molecule has 0 unspecified atom stereocenters. The first kappa shape index (κ1) is 32.0. The van der Waals surface area contributed by atoms with Gasteiger partial charge in [-0.05, 0) is 89.0 Å². The molecule has 8 aromatic carbocycles. The van der Waals surface area contributed by atoms with E-state index in [0.717, 1.165) is 44.9 Å². The average Bonchev–Trinajstić information content (AvgIpc) is 3.93. The Morgan fingerprint density at radius 2 is 0.877 bits per heavy atom. The number of hydrogen-bond donors (Lipinski definition) is 0. The quantitative estimate of drug-likeness (QED) is 0.172. The van der Waals surface area contributed by atoms with Crippen LogP contribution in [-0.4, -0.2) is 14.1 Å². The van der Waals surface area contributed by atoms with Crippen LogP contribution in [0.2, 0.25) is 0 Å². The molecule has 0 aliphatic heterocycles. The minimum atomic E-state index is 0.891. The molecule has 0 N–H and O–H groups in total. The van der Waals surface area contributed by atoms with Crippen molar-refractivity contribution >= 4 is 75.1 Å². The van der Waals surface area contributed by atoms with E-state index in [4.69, 9.17) is 4.98 Å². The fraction of sp³-hybridized carbons (Fsp3) is 0. The standard InChI is InChI=1S/C53H33N3S/c1-3-13-34(14-4-1)35-23-26-39(27-24-35)55-47-20-10-7-17-40(47)43-32-44-41-18-8-11-21-48(41)56(50(44)33-49(43)55)53-31-38(30-46(54-53)36-15-5-2-6-16-36)37-25-28-52-45(29-37)42-19-9-12-22-51(42)57-52/h1-33H. The van der Waals surface area contributed by atoms with Gasteiger partial charge < -0.3 is 4.57 Å². The smallest absolute Gasteiger partial charge is 0.138 e. The Labute approximate surface area is 333 Å². The van der Waals surface area contributed by atoms with Crippen molar-refractivity contribution in [1.82, 2.24) is 14.1 Å². The highest BCUT2D eigenvalue weighted by molar-refractivity contribution is 7.25. The Morgan fingerprint density at radius 1 is 0.316 bits per heavy atom. The molecule has 266 valence electrons. The van der Waals surface area contributed by atoms with E-state index in [-0.39, 0.29) is 0 Å². The summed E-state index contributed by atoms with van der Waals surface area (Å²) in [6.07, 6.45) is 0. The molecule has 4 heteroatoms. The van der Waals surface area contributed by atoms with Crippen LogP contribution in [0.5, 0.6) is 0 Å². The Kier molecular flexibility index (Phi) is 7.10. The van der Waals surface area contributed by atoms with E-state index in [1.165, 1.54) is 63.9 Å². The molecule has 0 saturated carbocycles. The van der Waals surface area contributed by atoms with Crippen LogP contribution in [0.4, 0.5) is 0 Å². The van der Waals surface area contributed by atoms with Crippen molar-refractivity contribution < 1.29 is 0 Å². The van der Waals surface area contributed by atoms with E-state index in [1.807, 2.05) is 11.3 Å². The van der Waals surface area contributed by atoms with Crippen LogP contribution < -0.4 is 0 Å². The topological polar surface area (TPSA) is 22.8 Å². The second-order valence-electron chi connectivity index (χ2n) is 14.8. The first-order valence-corrected chi connectivity index (χ1v) is 20.2. The van der Waals surface area contributed by atoms with Gasteiger partial charge in [-0.2, -0.15) is 0 Å².